The first-order valence-electron chi connectivity index (χ1n) is 15.8. The fraction of sp³-hybridized carbons (Fsp3) is 0.351. The molecule has 0 amide bonds. The van der Waals surface area contributed by atoms with Crippen molar-refractivity contribution >= 4 is 42.2 Å². The van der Waals surface area contributed by atoms with Crippen molar-refractivity contribution in [1.29, 1.82) is 0 Å². The van der Waals surface area contributed by atoms with Crippen molar-refractivity contribution in [2.24, 2.45) is 0 Å². The second-order valence-corrected chi connectivity index (χ2v) is 14.3. The first-order valence-corrected chi connectivity index (χ1v) is 15.8. The summed E-state index contributed by atoms with van der Waals surface area (Å²) in [5.41, 5.74) is 3.26. The van der Waals surface area contributed by atoms with Crippen LogP contribution in [0.15, 0.2) is 84.9 Å². The SMILES string of the molecule is Cc1ccc(-c2ccc(N(c3ccc(B4OC(C)(C)C(C)(C)O4)cc3)c3cc(F)c(B4OC(C)(C)C(C)(C)O4)c(F)c3)cc2)cc1. The molecule has 0 aromatic heterocycles. The number of benzene rings is 4. The van der Waals surface area contributed by atoms with Crippen LogP contribution in [-0.4, -0.2) is 36.6 Å². The maximum absolute atomic E-state index is 15.9. The van der Waals surface area contributed by atoms with Crippen LogP contribution in [0.2, 0.25) is 0 Å². The summed E-state index contributed by atoms with van der Waals surface area (Å²) in [5.74, 6) is -1.49. The van der Waals surface area contributed by atoms with Gasteiger partial charge in [0.05, 0.1) is 33.6 Å². The summed E-state index contributed by atoms with van der Waals surface area (Å²) in [5, 5.41) is 0. The third-order valence-electron chi connectivity index (χ3n) is 10.00. The molecule has 2 aliphatic rings. The molecule has 238 valence electrons. The maximum atomic E-state index is 15.9. The van der Waals surface area contributed by atoms with Crippen molar-refractivity contribution < 1.29 is 27.4 Å². The van der Waals surface area contributed by atoms with Crippen LogP contribution < -0.4 is 15.8 Å². The van der Waals surface area contributed by atoms with Crippen molar-refractivity contribution in [3.8, 4) is 11.1 Å². The quantitative estimate of drug-likeness (QED) is 0.204. The molecule has 0 aliphatic carbocycles. The summed E-state index contributed by atoms with van der Waals surface area (Å²) in [6.45, 7) is 17.5. The zero-order valence-electron chi connectivity index (χ0n) is 28.1. The Balaban J connectivity index is 1.39. The van der Waals surface area contributed by atoms with Gasteiger partial charge in [-0.2, -0.15) is 0 Å². The van der Waals surface area contributed by atoms with Gasteiger partial charge in [-0.05, 0) is 115 Å². The fourth-order valence-corrected chi connectivity index (χ4v) is 5.64. The third-order valence-corrected chi connectivity index (χ3v) is 10.00. The fourth-order valence-electron chi connectivity index (χ4n) is 5.64. The molecule has 0 N–H and O–H groups in total. The van der Waals surface area contributed by atoms with Crippen molar-refractivity contribution in [3.63, 3.8) is 0 Å². The highest BCUT2D eigenvalue weighted by Crippen LogP contribution is 2.40. The van der Waals surface area contributed by atoms with Gasteiger partial charge < -0.3 is 23.5 Å². The predicted octanol–water partition coefficient (Wildman–Crippen LogP) is 8.01. The minimum absolute atomic E-state index is 0.242. The highest BCUT2D eigenvalue weighted by molar-refractivity contribution is 6.62. The lowest BCUT2D eigenvalue weighted by atomic mass is 9.78. The number of hydrogen-bond acceptors (Lipinski definition) is 5. The van der Waals surface area contributed by atoms with Crippen LogP contribution in [-0.2, 0) is 18.6 Å². The maximum Gasteiger partial charge on any atom is 0.500 e. The van der Waals surface area contributed by atoms with Crippen LogP contribution in [0.25, 0.3) is 11.1 Å². The van der Waals surface area contributed by atoms with E-state index in [2.05, 4.69) is 31.2 Å². The Morgan fingerprint density at radius 1 is 0.500 bits per heavy atom. The molecule has 2 fully saturated rings. The highest BCUT2D eigenvalue weighted by Gasteiger charge is 2.54. The molecule has 2 aliphatic heterocycles. The highest BCUT2D eigenvalue weighted by atomic mass is 19.1. The summed E-state index contributed by atoms with van der Waals surface area (Å²) in [7, 11) is -1.70. The molecule has 0 unspecified atom stereocenters. The Hall–Kier alpha value is -3.49. The van der Waals surface area contributed by atoms with E-state index < -0.39 is 48.3 Å². The summed E-state index contributed by atoms with van der Waals surface area (Å²) in [6, 6.07) is 26.6. The first kappa shape index (κ1) is 32.5. The van der Waals surface area contributed by atoms with Gasteiger partial charge in [-0.15, -0.1) is 0 Å². The Bertz CT molecular complexity index is 1680. The van der Waals surface area contributed by atoms with Gasteiger partial charge in [-0.1, -0.05) is 54.1 Å². The van der Waals surface area contributed by atoms with Crippen molar-refractivity contribution in [2.45, 2.75) is 84.7 Å². The molecule has 9 heteroatoms. The number of hydrogen-bond donors (Lipinski definition) is 0. The van der Waals surface area contributed by atoms with Gasteiger partial charge in [0.2, 0.25) is 0 Å². The minimum Gasteiger partial charge on any atom is -0.399 e. The van der Waals surface area contributed by atoms with E-state index in [4.69, 9.17) is 18.6 Å². The molecule has 0 atom stereocenters. The lowest BCUT2D eigenvalue weighted by Gasteiger charge is -2.32. The molecule has 46 heavy (non-hydrogen) atoms. The zero-order chi connectivity index (χ0) is 33.2. The molecule has 6 rings (SSSR count). The van der Waals surface area contributed by atoms with Crippen molar-refractivity contribution in [2.75, 3.05) is 4.90 Å². The second-order valence-electron chi connectivity index (χ2n) is 14.3. The largest absolute Gasteiger partial charge is 0.500 e. The van der Waals surface area contributed by atoms with Crippen LogP contribution in [0, 0.1) is 18.6 Å². The number of halogens is 2. The molecule has 0 spiro atoms. The van der Waals surface area contributed by atoms with Gasteiger partial charge in [-0.25, -0.2) is 8.78 Å². The molecule has 0 bridgehead atoms. The summed E-state index contributed by atoms with van der Waals surface area (Å²) in [4.78, 5) is 1.83. The number of aryl methyl sites for hydroxylation is 1. The molecular formula is C37H41B2F2NO4. The van der Waals surface area contributed by atoms with E-state index in [9.17, 15) is 0 Å². The van der Waals surface area contributed by atoms with Crippen molar-refractivity contribution in [1.82, 2.24) is 0 Å². The lowest BCUT2D eigenvalue weighted by molar-refractivity contribution is 0.00578. The van der Waals surface area contributed by atoms with Crippen LogP contribution >= 0.6 is 0 Å². The Morgan fingerprint density at radius 3 is 1.30 bits per heavy atom. The van der Waals surface area contributed by atoms with Gasteiger partial charge in [0.15, 0.2) is 0 Å². The summed E-state index contributed by atoms with van der Waals surface area (Å²) in [6.07, 6.45) is 0. The monoisotopic (exact) mass is 623 g/mol. The minimum atomic E-state index is -1.17. The number of rotatable bonds is 6. The summed E-state index contributed by atoms with van der Waals surface area (Å²) >= 11 is 0. The first-order chi connectivity index (χ1) is 21.5. The summed E-state index contributed by atoms with van der Waals surface area (Å²) < 4.78 is 56.3. The zero-order valence-corrected chi connectivity index (χ0v) is 28.1. The molecule has 4 aromatic rings. The van der Waals surface area contributed by atoms with E-state index in [0.717, 1.165) is 22.3 Å². The van der Waals surface area contributed by atoms with Gasteiger partial charge in [-0.3, -0.25) is 0 Å². The van der Waals surface area contributed by atoms with Gasteiger partial charge in [0.25, 0.3) is 0 Å². The Kier molecular flexibility index (Phi) is 8.00. The van der Waals surface area contributed by atoms with Gasteiger partial charge in [0, 0.05) is 11.4 Å². The third kappa shape index (κ3) is 5.79. The molecule has 2 saturated heterocycles. The van der Waals surface area contributed by atoms with E-state index in [1.165, 1.54) is 17.7 Å². The average Bonchev–Trinajstić information content (AvgIpc) is 3.33. The topological polar surface area (TPSA) is 40.2 Å². The van der Waals surface area contributed by atoms with E-state index in [1.807, 2.05) is 109 Å². The molecule has 5 nitrogen and oxygen atoms in total. The van der Waals surface area contributed by atoms with Crippen LogP contribution in [0.5, 0.6) is 0 Å². The Morgan fingerprint density at radius 2 is 0.870 bits per heavy atom. The smallest absolute Gasteiger partial charge is 0.399 e. The van der Waals surface area contributed by atoms with E-state index in [0.29, 0.717) is 11.4 Å². The molecule has 0 saturated carbocycles. The number of nitrogens with zero attached hydrogens (tertiary/aromatic N) is 1. The molecular weight excluding hydrogens is 582 g/mol. The van der Waals surface area contributed by atoms with Crippen LogP contribution in [0.4, 0.5) is 25.8 Å². The van der Waals surface area contributed by atoms with Crippen molar-refractivity contribution in [3.05, 3.63) is 102 Å². The second kappa shape index (κ2) is 11.3. The van der Waals surface area contributed by atoms with E-state index >= 15 is 8.78 Å². The standard InChI is InChI=1S/C37H41B2F2NO4/c1-24-10-12-25(13-11-24)26-14-18-28(19-15-26)42(29-20-16-27(17-21-29)38-43-34(2,3)35(4,5)44-38)30-22-31(40)33(32(41)23-30)39-45-36(6,7)37(8,9)46-39/h10-23H,1-9H3. The van der Waals surface area contributed by atoms with Gasteiger partial charge >= 0.3 is 14.2 Å². The molecule has 0 radical (unpaired) electrons. The lowest BCUT2D eigenvalue weighted by Crippen LogP contribution is -2.41. The van der Waals surface area contributed by atoms with Crippen LogP contribution in [0.3, 0.4) is 0 Å². The molecule has 4 aromatic carbocycles. The Labute approximate surface area is 272 Å². The normalized spacial score (nSPS) is 19.5. The van der Waals surface area contributed by atoms with Crippen LogP contribution in [0.1, 0.15) is 61.0 Å². The van der Waals surface area contributed by atoms with E-state index in [1.54, 1.807) is 0 Å². The number of anilines is 3. The van der Waals surface area contributed by atoms with E-state index in [-0.39, 0.29) is 5.46 Å². The molecule has 2 heterocycles. The van der Waals surface area contributed by atoms with Gasteiger partial charge in [0.1, 0.15) is 11.6 Å². The predicted molar refractivity (Wildman–Crippen MR) is 183 cm³/mol. The average molecular weight is 623 g/mol.